The lowest BCUT2D eigenvalue weighted by atomic mass is 10.0. The van der Waals surface area contributed by atoms with E-state index in [0.717, 1.165) is 17.7 Å². The molecule has 3 aromatic carbocycles. The number of nitrogens with two attached hydrogens (primary N) is 1. The second-order valence-corrected chi connectivity index (χ2v) is 6.66. The highest BCUT2D eigenvalue weighted by atomic mass is 19.2. The standard InChI is InChI=1S/C23H20F2N2O3/c24-19-11-5-10-18(21(19)25)23(29)27-20(22(26)28)13-16-8-4-9-17(12-16)30-14-15-6-2-1-3-7-15/h1-12,20H,13-14H2,(H2,26,28)(H,27,29)/t20-/m1/s1. The van der Waals surface area contributed by atoms with Crippen molar-refractivity contribution in [1.82, 2.24) is 5.32 Å². The zero-order valence-electron chi connectivity index (χ0n) is 16.0. The number of halogens is 2. The number of benzene rings is 3. The molecule has 0 aliphatic rings. The number of amides is 2. The molecule has 2 amide bonds. The summed E-state index contributed by atoms with van der Waals surface area (Å²) in [5.41, 5.74) is 6.59. The molecule has 0 radical (unpaired) electrons. The van der Waals surface area contributed by atoms with Crippen molar-refractivity contribution in [3.63, 3.8) is 0 Å². The smallest absolute Gasteiger partial charge is 0.255 e. The van der Waals surface area contributed by atoms with Crippen molar-refractivity contribution in [2.24, 2.45) is 5.73 Å². The first-order valence-electron chi connectivity index (χ1n) is 9.24. The van der Waals surface area contributed by atoms with E-state index in [4.69, 9.17) is 10.5 Å². The van der Waals surface area contributed by atoms with E-state index in [1.54, 1.807) is 24.3 Å². The summed E-state index contributed by atoms with van der Waals surface area (Å²) in [5, 5.41) is 2.37. The molecule has 5 nitrogen and oxygen atoms in total. The molecule has 0 aromatic heterocycles. The molecule has 3 aromatic rings. The maximum Gasteiger partial charge on any atom is 0.255 e. The maximum atomic E-state index is 13.8. The third-order valence-corrected chi connectivity index (χ3v) is 4.43. The molecule has 30 heavy (non-hydrogen) atoms. The second-order valence-electron chi connectivity index (χ2n) is 6.66. The van der Waals surface area contributed by atoms with E-state index < -0.39 is 35.1 Å². The molecule has 0 aliphatic heterocycles. The Bertz CT molecular complexity index is 1040. The molecule has 0 saturated heterocycles. The minimum absolute atomic E-state index is 0.0700. The molecule has 0 spiro atoms. The number of hydrogen-bond acceptors (Lipinski definition) is 3. The van der Waals surface area contributed by atoms with Gasteiger partial charge in [0.05, 0.1) is 5.56 Å². The van der Waals surface area contributed by atoms with Gasteiger partial charge in [-0.2, -0.15) is 0 Å². The monoisotopic (exact) mass is 410 g/mol. The largest absolute Gasteiger partial charge is 0.489 e. The molecule has 0 fully saturated rings. The van der Waals surface area contributed by atoms with Gasteiger partial charge in [0.1, 0.15) is 18.4 Å². The highest BCUT2D eigenvalue weighted by Gasteiger charge is 2.22. The van der Waals surface area contributed by atoms with Crippen LogP contribution in [0.25, 0.3) is 0 Å². The predicted octanol–water partition coefficient (Wildman–Crippen LogP) is 3.37. The van der Waals surface area contributed by atoms with Gasteiger partial charge < -0.3 is 15.8 Å². The van der Waals surface area contributed by atoms with E-state index in [2.05, 4.69) is 5.32 Å². The minimum atomic E-state index is -1.28. The third-order valence-electron chi connectivity index (χ3n) is 4.43. The van der Waals surface area contributed by atoms with Crippen LogP contribution >= 0.6 is 0 Å². The van der Waals surface area contributed by atoms with Crippen molar-refractivity contribution < 1.29 is 23.1 Å². The van der Waals surface area contributed by atoms with Gasteiger partial charge in [-0.15, -0.1) is 0 Å². The first kappa shape index (κ1) is 21.0. The molecular formula is C23H20F2N2O3. The molecular weight excluding hydrogens is 390 g/mol. The normalized spacial score (nSPS) is 11.5. The SMILES string of the molecule is NC(=O)[C@@H](Cc1cccc(OCc2ccccc2)c1)NC(=O)c1cccc(F)c1F. The highest BCUT2D eigenvalue weighted by molar-refractivity contribution is 5.97. The van der Waals surface area contributed by atoms with Gasteiger partial charge in [0.15, 0.2) is 11.6 Å². The Morgan fingerprint density at radius 1 is 0.933 bits per heavy atom. The average molecular weight is 410 g/mol. The van der Waals surface area contributed by atoms with E-state index >= 15 is 0 Å². The fourth-order valence-corrected chi connectivity index (χ4v) is 2.88. The Balaban J connectivity index is 1.68. The van der Waals surface area contributed by atoms with Gasteiger partial charge in [-0.25, -0.2) is 8.78 Å². The average Bonchev–Trinajstić information content (AvgIpc) is 2.74. The molecule has 0 unspecified atom stereocenters. The number of rotatable bonds is 8. The number of ether oxygens (including phenoxy) is 1. The summed E-state index contributed by atoms with van der Waals surface area (Å²) in [7, 11) is 0. The first-order valence-corrected chi connectivity index (χ1v) is 9.24. The van der Waals surface area contributed by atoms with Crippen molar-refractivity contribution in [3.05, 3.63) is 101 Å². The van der Waals surface area contributed by atoms with Gasteiger partial charge in [-0.3, -0.25) is 9.59 Å². The number of carbonyl (C=O) groups is 2. The van der Waals surface area contributed by atoms with E-state index in [0.29, 0.717) is 17.9 Å². The second kappa shape index (κ2) is 9.65. The van der Waals surface area contributed by atoms with Gasteiger partial charge in [-0.05, 0) is 35.4 Å². The Kier molecular flexibility index (Phi) is 6.75. The number of hydrogen-bond donors (Lipinski definition) is 2. The Morgan fingerprint density at radius 3 is 2.37 bits per heavy atom. The zero-order chi connectivity index (χ0) is 21.5. The number of primary amides is 1. The Hall–Kier alpha value is -3.74. The Labute approximate surface area is 172 Å². The summed E-state index contributed by atoms with van der Waals surface area (Å²) in [5.74, 6) is -3.57. The van der Waals surface area contributed by atoms with Crippen LogP contribution < -0.4 is 15.8 Å². The van der Waals surface area contributed by atoms with Gasteiger partial charge in [0, 0.05) is 6.42 Å². The van der Waals surface area contributed by atoms with Crippen LogP contribution in [-0.2, 0) is 17.8 Å². The molecule has 154 valence electrons. The van der Waals surface area contributed by atoms with Crippen molar-refractivity contribution >= 4 is 11.8 Å². The van der Waals surface area contributed by atoms with Gasteiger partial charge in [0.2, 0.25) is 5.91 Å². The molecule has 7 heteroatoms. The molecule has 0 heterocycles. The van der Waals surface area contributed by atoms with Crippen LogP contribution in [0.5, 0.6) is 5.75 Å². The lowest BCUT2D eigenvalue weighted by Crippen LogP contribution is -2.46. The van der Waals surface area contributed by atoms with Gasteiger partial charge in [-0.1, -0.05) is 48.5 Å². The van der Waals surface area contributed by atoms with Gasteiger partial charge in [0.25, 0.3) is 5.91 Å². The fourth-order valence-electron chi connectivity index (χ4n) is 2.88. The van der Waals surface area contributed by atoms with Crippen LogP contribution in [0.4, 0.5) is 8.78 Å². The molecule has 3 N–H and O–H groups in total. The molecule has 1 atom stereocenters. The molecule has 0 aliphatic carbocycles. The van der Waals surface area contributed by atoms with Crippen LogP contribution in [0.3, 0.4) is 0 Å². The number of carbonyl (C=O) groups excluding carboxylic acids is 2. The first-order chi connectivity index (χ1) is 14.4. The summed E-state index contributed by atoms with van der Waals surface area (Å²) in [4.78, 5) is 24.1. The van der Waals surface area contributed by atoms with E-state index in [-0.39, 0.29) is 6.42 Å². The third kappa shape index (κ3) is 5.41. The summed E-state index contributed by atoms with van der Waals surface area (Å²) < 4.78 is 33.0. The summed E-state index contributed by atoms with van der Waals surface area (Å²) in [6, 6.07) is 18.8. The van der Waals surface area contributed by atoms with Crippen LogP contribution in [0.2, 0.25) is 0 Å². The van der Waals surface area contributed by atoms with Gasteiger partial charge >= 0.3 is 0 Å². The van der Waals surface area contributed by atoms with Crippen molar-refractivity contribution in [2.75, 3.05) is 0 Å². The predicted molar refractivity (Wildman–Crippen MR) is 108 cm³/mol. The lowest BCUT2D eigenvalue weighted by molar-refractivity contribution is -0.119. The lowest BCUT2D eigenvalue weighted by Gasteiger charge is -2.16. The summed E-state index contributed by atoms with van der Waals surface area (Å²) >= 11 is 0. The zero-order valence-corrected chi connectivity index (χ0v) is 16.0. The highest BCUT2D eigenvalue weighted by Crippen LogP contribution is 2.17. The van der Waals surface area contributed by atoms with E-state index in [1.807, 2.05) is 30.3 Å². The molecule has 0 saturated carbocycles. The van der Waals surface area contributed by atoms with Crippen molar-refractivity contribution in [2.45, 2.75) is 19.1 Å². The molecule has 3 rings (SSSR count). The topological polar surface area (TPSA) is 81.4 Å². The molecule has 0 bridgehead atoms. The fraction of sp³-hybridized carbons (Fsp3) is 0.130. The minimum Gasteiger partial charge on any atom is -0.489 e. The van der Waals surface area contributed by atoms with E-state index in [9.17, 15) is 18.4 Å². The van der Waals surface area contributed by atoms with Crippen molar-refractivity contribution in [1.29, 1.82) is 0 Å². The number of nitrogens with one attached hydrogen (secondary N) is 1. The maximum absolute atomic E-state index is 13.8. The summed E-state index contributed by atoms with van der Waals surface area (Å²) in [6.07, 6.45) is 0.0700. The van der Waals surface area contributed by atoms with E-state index in [1.165, 1.54) is 6.07 Å². The Morgan fingerprint density at radius 2 is 1.63 bits per heavy atom. The van der Waals surface area contributed by atoms with Crippen LogP contribution in [0.15, 0.2) is 72.8 Å². The van der Waals surface area contributed by atoms with Crippen LogP contribution in [0.1, 0.15) is 21.5 Å². The van der Waals surface area contributed by atoms with Crippen molar-refractivity contribution in [3.8, 4) is 5.75 Å². The quantitative estimate of drug-likeness (QED) is 0.597. The van der Waals surface area contributed by atoms with Crippen LogP contribution in [0, 0.1) is 11.6 Å². The van der Waals surface area contributed by atoms with Crippen LogP contribution in [-0.4, -0.2) is 17.9 Å². The summed E-state index contributed by atoms with van der Waals surface area (Å²) in [6.45, 7) is 0.374.